The van der Waals surface area contributed by atoms with Crippen molar-refractivity contribution in [1.29, 1.82) is 0 Å². The Hall–Kier alpha value is -0.830. The monoisotopic (exact) mass is 236 g/mol. The van der Waals surface area contributed by atoms with Crippen LogP contribution >= 0.6 is 0 Å². The fourth-order valence-electron chi connectivity index (χ4n) is 2.60. The summed E-state index contributed by atoms with van der Waals surface area (Å²) in [6, 6.07) is 2.16. The molecule has 1 unspecified atom stereocenters. The normalized spacial score (nSPS) is 19.3. The number of rotatable bonds is 6. The zero-order chi connectivity index (χ0) is 12.5. The molecule has 1 aliphatic rings. The van der Waals surface area contributed by atoms with Crippen LogP contribution in [0.15, 0.2) is 6.07 Å². The lowest BCUT2D eigenvalue weighted by atomic mass is 9.89. The second-order valence-electron chi connectivity index (χ2n) is 5.20. The molecule has 0 amide bonds. The first-order valence-electron chi connectivity index (χ1n) is 6.91. The zero-order valence-electron chi connectivity index (χ0n) is 11.2. The van der Waals surface area contributed by atoms with Crippen molar-refractivity contribution in [2.45, 2.75) is 65.0 Å². The summed E-state index contributed by atoms with van der Waals surface area (Å²) in [5, 5.41) is 15.2. The first-order valence-corrected chi connectivity index (χ1v) is 6.91. The molecule has 96 valence electrons. The van der Waals surface area contributed by atoms with Crippen LogP contribution in [0.4, 0.5) is 0 Å². The van der Waals surface area contributed by atoms with Gasteiger partial charge in [-0.05, 0) is 44.6 Å². The molecule has 17 heavy (non-hydrogen) atoms. The molecule has 1 aliphatic carbocycles. The summed E-state index contributed by atoms with van der Waals surface area (Å²) in [7, 11) is 0. The van der Waals surface area contributed by atoms with Crippen molar-refractivity contribution in [1.82, 2.24) is 9.78 Å². The van der Waals surface area contributed by atoms with Crippen LogP contribution in [-0.2, 0) is 19.4 Å². The second-order valence-corrected chi connectivity index (χ2v) is 5.20. The Morgan fingerprint density at radius 1 is 1.41 bits per heavy atom. The third kappa shape index (κ3) is 2.54. The van der Waals surface area contributed by atoms with Crippen molar-refractivity contribution in [2.75, 3.05) is 0 Å². The Labute approximate surface area is 104 Å². The summed E-state index contributed by atoms with van der Waals surface area (Å²) in [6.07, 6.45) is 4.94. The van der Waals surface area contributed by atoms with Crippen LogP contribution in [0.1, 0.15) is 51.4 Å². The maximum atomic E-state index is 10.7. The van der Waals surface area contributed by atoms with E-state index in [0.717, 1.165) is 31.5 Å². The van der Waals surface area contributed by atoms with E-state index in [2.05, 4.69) is 31.9 Å². The summed E-state index contributed by atoms with van der Waals surface area (Å²) in [4.78, 5) is 0. The van der Waals surface area contributed by atoms with Gasteiger partial charge < -0.3 is 5.11 Å². The second kappa shape index (κ2) is 4.81. The Morgan fingerprint density at radius 2 is 2.12 bits per heavy atom. The fourth-order valence-corrected chi connectivity index (χ4v) is 2.60. The molecule has 1 saturated carbocycles. The molecule has 1 N–H and O–H groups in total. The molecule has 0 bridgehead atoms. The third-order valence-corrected chi connectivity index (χ3v) is 4.01. The van der Waals surface area contributed by atoms with Crippen LogP contribution < -0.4 is 0 Å². The van der Waals surface area contributed by atoms with Gasteiger partial charge in [0, 0.05) is 18.7 Å². The van der Waals surface area contributed by atoms with E-state index in [1.54, 1.807) is 0 Å². The van der Waals surface area contributed by atoms with Crippen LogP contribution in [0.25, 0.3) is 0 Å². The summed E-state index contributed by atoms with van der Waals surface area (Å²) in [5.41, 5.74) is 1.83. The highest BCUT2D eigenvalue weighted by Crippen LogP contribution is 2.43. The van der Waals surface area contributed by atoms with Crippen LogP contribution in [-0.4, -0.2) is 20.5 Å². The summed E-state index contributed by atoms with van der Waals surface area (Å²) < 4.78 is 2.04. The molecule has 0 radical (unpaired) electrons. The summed E-state index contributed by atoms with van der Waals surface area (Å²) >= 11 is 0. The Kier molecular flexibility index (Phi) is 3.57. The van der Waals surface area contributed by atoms with Gasteiger partial charge in [0.25, 0.3) is 0 Å². The van der Waals surface area contributed by atoms with Gasteiger partial charge in [-0.3, -0.25) is 4.68 Å². The number of aryl methyl sites for hydroxylation is 2. The summed E-state index contributed by atoms with van der Waals surface area (Å²) in [5.74, 6) is 0.512. The molecule has 1 fully saturated rings. The van der Waals surface area contributed by atoms with Crippen LogP contribution in [0.5, 0.6) is 0 Å². The number of hydrogen-bond acceptors (Lipinski definition) is 2. The molecule has 1 aromatic rings. The molecule has 0 aliphatic heterocycles. The molecule has 1 aromatic heterocycles. The smallest absolute Gasteiger partial charge is 0.0728 e. The maximum Gasteiger partial charge on any atom is 0.0728 e. The zero-order valence-corrected chi connectivity index (χ0v) is 11.2. The van der Waals surface area contributed by atoms with Crippen molar-refractivity contribution in [3.8, 4) is 0 Å². The number of aromatic nitrogens is 2. The Bertz CT molecular complexity index is 382. The molecule has 0 saturated heterocycles. The first kappa shape index (κ1) is 12.6. The van der Waals surface area contributed by atoms with Gasteiger partial charge >= 0.3 is 0 Å². The van der Waals surface area contributed by atoms with E-state index in [4.69, 9.17) is 0 Å². The number of aliphatic hydroxyl groups is 1. The van der Waals surface area contributed by atoms with Gasteiger partial charge in [-0.2, -0.15) is 5.10 Å². The van der Waals surface area contributed by atoms with Gasteiger partial charge in [0.2, 0.25) is 0 Å². The van der Waals surface area contributed by atoms with Crippen molar-refractivity contribution >= 4 is 0 Å². The minimum absolute atomic E-state index is 0.502. The van der Waals surface area contributed by atoms with E-state index in [9.17, 15) is 5.11 Å². The van der Waals surface area contributed by atoms with Crippen LogP contribution in [0, 0.1) is 5.92 Å². The highest BCUT2D eigenvalue weighted by atomic mass is 16.3. The molecule has 3 nitrogen and oxygen atoms in total. The van der Waals surface area contributed by atoms with Crippen molar-refractivity contribution < 1.29 is 5.11 Å². The maximum absolute atomic E-state index is 10.7. The Morgan fingerprint density at radius 3 is 2.59 bits per heavy atom. The van der Waals surface area contributed by atoms with Crippen molar-refractivity contribution in [3.63, 3.8) is 0 Å². The Balaban J connectivity index is 2.18. The molecule has 2 rings (SSSR count). The highest BCUT2D eigenvalue weighted by Gasteiger charge is 2.42. The van der Waals surface area contributed by atoms with E-state index in [1.165, 1.54) is 18.5 Å². The van der Waals surface area contributed by atoms with Crippen molar-refractivity contribution in [2.24, 2.45) is 5.92 Å². The average Bonchev–Trinajstić information content (AvgIpc) is 3.12. The lowest BCUT2D eigenvalue weighted by Gasteiger charge is -2.26. The number of nitrogens with zero attached hydrogens (tertiary/aromatic N) is 2. The molecule has 0 aromatic carbocycles. The first-order chi connectivity index (χ1) is 8.12. The molecule has 1 atom stereocenters. The van der Waals surface area contributed by atoms with E-state index >= 15 is 0 Å². The largest absolute Gasteiger partial charge is 0.389 e. The quantitative estimate of drug-likeness (QED) is 0.824. The van der Waals surface area contributed by atoms with Gasteiger partial charge in [-0.1, -0.05) is 13.8 Å². The topological polar surface area (TPSA) is 38.0 Å². The predicted molar refractivity (Wildman–Crippen MR) is 68.9 cm³/mol. The molecule has 1 heterocycles. The van der Waals surface area contributed by atoms with E-state index in [1.807, 2.05) is 4.68 Å². The molecular weight excluding hydrogens is 212 g/mol. The van der Waals surface area contributed by atoms with E-state index in [-0.39, 0.29) is 0 Å². The third-order valence-electron chi connectivity index (χ3n) is 4.01. The van der Waals surface area contributed by atoms with Crippen LogP contribution in [0.2, 0.25) is 0 Å². The SMILES string of the molecule is CCc1cc(CC(O)(CC)C2CC2)n(CC)n1. The minimum atomic E-state index is -0.502. The summed E-state index contributed by atoms with van der Waals surface area (Å²) in [6.45, 7) is 7.21. The minimum Gasteiger partial charge on any atom is -0.389 e. The van der Waals surface area contributed by atoms with Crippen LogP contribution in [0.3, 0.4) is 0 Å². The van der Waals surface area contributed by atoms with Crippen molar-refractivity contribution in [3.05, 3.63) is 17.5 Å². The molecule has 0 spiro atoms. The molecule has 3 heteroatoms. The van der Waals surface area contributed by atoms with E-state index < -0.39 is 5.60 Å². The lowest BCUT2D eigenvalue weighted by Crippen LogP contribution is -2.34. The standard InChI is InChI=1S/C14H24N2O/c1-4-12-9-13(16(6-3)15-12)10-14(17,5-2)11-7-8-11/h9,11,17H,4-8,10H2,1-3H3. The molecular formula is C14H24N2O. The van der Waals surface area contributed by atoms with Gasteiger partial charge in [-0.25, -0.2) is 0 Å². The fraction of sp³-hybridized carbons (Fsp3) is 0.786. The predicted octanol–water partition coefficient (Wildman–Crippen LogP) is 2.56. The lowest BCUT2D eigenvalue weighted by molar-refractivity contribution is 0.0121. The van der Waals surface area contributed by atoms with Gasteiger partial charge in [0.15, 0.2) is 0 Å². The highest BCUT2D eigenvalue weighted by molar-refractivity contribution is 5.14. The number of hydrogen-bond donors (Lipinski definition) is 1. The van der Waals surface area contributed by atoms with E-state index in [0.29, 0.717) is 5.92 Å². The van der Waals surface area contributed by atoms with Gasteiger partial charge in [0.1, 0.15) is 0 Å². The van der Waals surface area contributed by atoms with Gasteiger partial charge in [-0.15, -0.1) is 0 Å². The van der Waals surface area contributed by atoms with Gasteiger partial charge in [0.05, 0.1) is 11.3 Å². The average molecular weight is 236 g/mol.